The van der Waals surface area contributed by atoms with Gasteiger partial charge in [-0.25, -0.2) is 4.98 Å². The Labute approximate surface area is 103 Å². The van der Waals surface area contributed by atoms with Crippen LogP contribution in [0.3, 0.4) is 0 Å². The third-order valence-electron chi connectivity index (χ3n) is 2.15. The van der Waals surface area contributed by atoms with Crippen molar-refractivity contribution in [3.05, 3.63) is 16.3 Å². The van der Waals surface area contributed by atoms with Crippen molar-refractivity contribution in [3.8, 4) is 0 Å². The molecule has 0 bridgehead atoms. The molecule has 1 aromatic heterocycles. The van der Waals surface area contributed by atoms with Gasteiger partial charge in [0.1, 0.15) is 12.2 Å². The van der Waals surface area contributed by atoms with Gasteiger partial charge >= 0.3 is 5.69 Å². The second-order valence-corrected chi connectivity index (χ2v) is 3.82. The maximum absolute atomic E-state index is 11.6. The van der Waals surface area contributed by atoms with Crippen molar-refractivity contribution in [3.63, 3.8) is 0 Å². The third kappa shape index (κ3) is 3.03. The van der Waals surface area contributed by atoms with Crippen LogP contribution in [0.1, 0.15) is 6.92 Å². The molecule has 18 heavy (non-hydrogen) atoms. The molecule has 0 spiro atoms. The van der Waals surface area contributed by atoms with Crippen LogP contribution in [-0.2, 0) is 4.79 Å². The number of carbonyl (C=O) groups excluding carboxylic acids is 1. The van der Waals surface area contributed by atoms with Crippen LogP contribution >= 0.6 is 0 Å². The number of likely N-dealkylation sites (N-methyl/N-ethyl adjacent to an activating group) is 1. The Bertz CT molecular complexity index is 475. The van der Waals surface area contributed by atoms with Gasteiger partial charge in [0.2, 0.25) is 17.7 Å². The van der Waals surface area contributed by atoms with Crippen LogP contribution in [0.25, 0.3) is 0 Å². The number of amides is 1. The number of nitrogen functional groups attached to an aromatic ring is 1. The first-order valence-corrected chi connectivity index (χ1v) is 5.07. The first-order valence-electron chi connectivity index (χ1n) is 5.07. The first-order chi connectivity index (χ1) is 8.32. The zero-order chi connectivity index (χ0) is 13.9. The summed E-state index contributed by atoms with van der Waals surface area (Å²) in [5, 5.41) is 13.2. The number of nitrogens with zero attached hydrogens (tertiary/aromatic N) is 4. The number of nitro groups is 1. The lowest BCUT2D eigenvalue weighted by molar-refractivity contribution is -0.384. The molecule has 0 radical (unpaired) electrons. The van der Waals surface area contributed by atoms with Crippen molar-refractivity contribution in [2.75, 3.05) is 25.1 Å². The zero-order valence-electron chi connectivity index (χ0n) is 10.2. The van der Waals surface area contributed by atoms with Crippen molar-refractivity contribution in [2.45, 2.75) is 13.0 Å². The lowest BCUT2D eigenvalue weighted by Gasteiger charge is -2.17. The number of aromatic nitrogens is 2. The Balaban J connectivity index is 2.84. The average Bonchev–Trinajstić information content (AvgIpc) is 2.27. The van der Waals surface area contributed by atoms with E-state index in [2.05, 4.69) is 15.3 Å². The Morgan fingerprint density at radius 1 is 1.61 bits per heavy atom. The highest BCUT2D eigenvalue weighted by Crippen LogP contribution is 2.18. The average molecular weight is 254 g/mol. The van der Waals surface area contributed by atoms with E-state index in [4.69, 9.17) is 5.73 Å². The quantitative estimate of drug-likeness (QED) is 0.565. The largest absolute Gasteiger partial charge is 0.378 e. The number of hydrogen-bond acceptors (Lipinski definition) is 7. The van der Waals surface area contributed by atoms with E-state index < -0.39 is 11.0 Å². The molecule has 0 aliphatic carbocycles. The van der Waals surface area contributed by atoms with Crippen LogP contribution in [0.5, 0.6) is 0 Å². The van der Waals surface area contributed by atoms with Gasteiger partial charge in [-0.3, -0.25) is 14.9 Å². The number of rotatable bonds is 4. The summed E-state index contributed by atoms with van der Waals surface area (Å²) in [6.07, 6.45) is 0.998. The highest BCUT2D eigenvalue weighted by Gasteiger charge is 2.18. The summed E-state index contributed by atoms with van der Waals surface area (Å²) in [6, 6.07) is -0.555. The van der Waals surface area contributed by atoms with Gasteiger partial charge in [-0.1, -0.05) is 0 Å². The van der Waals surface area contributed by atoms with E-state index in [1.54, 1.807) is 21.0 Å². The molecule has 9 heteroatoms. The number of carbonyl (C=O) groups is 1. The Morgan fingerprint density at radius 3 is 2.67 bits per heavy atom. The molecular formula is C9H14N6O3. The Kier molecular flexibility index (Phi) is 3.97. The smallest absolute Gasteiger partial charge is 0.329 e. The molecule has 0 aromatic carbocycles. The van der Waals surface area contributed by atoms with E-state index in [1.165, 1.54) is 4.90 Å². The molecule has 1 rings (SSSR count). The lowest BCUT2D eigenvalue weighted by Crippen LogP contribution is -2.37. The monoisotopic (exact) mass is 254 g/mol. The second kappa shape index (κ2) is 5.25. The Morgan fingerprint density at radius 2 is 2.22 bits per heavy atom. The van der Waals surface area contributed by atoms with Crippen LogP contribution in [0.15, 0.2) is 6.20 Å². The Hall–Kier alpha value is -2.45. The second-order valence-electron chi connectivity index (χ2n) is 3.82. The predicted molar refractivity (Wildman–Crippen MR) is 64.9 cm³/mol. The van der Waals surface area contributed by atoms with Crippen molar-refractivity contribution in [1.29, 1.82) is 0 Å². The van der Waals surface area contributed by atoms with Crippen molar-refractivity contribution in [2.24, 2.45) is 0 Å². The highest BCUT2D eigenvalue weighted by atomic mass is 16.6. The fourth-order valence-electron chi connectivity index (χ4n) is 1.24. The third-order valence-corrected chi connectivity index (χ3v) is 2.15. The molecule has 1 heterocycles. The van der Waals surface area contributed by atoms with E-state index in [-0.39, 0.29) is 23.4 Å². The van der Waals surface area contributed by atoms with Gasteiger partial charge in [-0.05, 0) is 6.92 Å². The van der Waals surface area contributed by atoms with Gasteiger partial charge in [0.15, 0.2) is 0 Å². The summed E-state index contributed by atoms with van der Waals surface area (Å²) < 4.78 is 0. The maximum atomic E-state index is 11.6. The van der Waals surface area contributed by atoms with Crippen molar-refractivity contribution >= 4 is 23.4 Å². The SMILES string of the molecule is C[C@H](Nc1ncc([N+](=O)[O-])c(N)n1)C(=O)N(C)C. The molecule has 98 valence electrons. The van der Waals surface area contributed by atoms with Gasteiger partial charge in [0.05, 0.1) is 4.92 Å². The fourth-order valence-corrected chi connectivity index (χ4v) is 1.24. The number of hydrogen-bond donors (Lipinski definition) is 2. The first kappa shape index (κ1) is 13.6. The van der Waals surface area contributed by atoms with E-state index in [0.29, 0.717) is 0 Å². The van der Waals surface area contributed by atoms with E-state index in [0.717, 1.165) is 6.20 Å². The minimum absolute atomic E-state index is 0.0702. The number of anilines is 2. The van der Waals surface area contributed by atoms with Gasteiger partial charge in [-0.15, -0.1) is 0 Å². The molecule has 0 fully saturated rings. The molecule has 1 amide bonds. The standard InChI is InChI=1S/C9H14N6O3/c1-5(8(16)14(2)3)12-9-11-4-6(15(17)18)7(10)13-9/h4-5H,1-3H3,(H3,10,11,12,13)/t5-/m0/s1. The molecule has 0 unspecified atom stereocenters. The molecular weight excluding hydrogens is 240 g/mol. The molecule has 1 aromatic rings. The molecule has 3 N–H and O–H groups in total. The normalized spacial score (nSPS) is 11.7. The topological polar surface area (TPSA) is 127 Å². The van der Waals surface area contributed by atoms with E-state index >= 15 is 0 Å². The number of nitrogens with one attached hydrogen (secondary N) is 1. The molecule has 1 atom stereocenters. The van der Waals surface area contributed by atoms with Gasteiger partial charge in [-0.2, -0.15) is 4.98 Å². The maximum Gasteiger partial charge on any atom is 0.329 e. The van der Waals surface area contributed by atoms with Crippen LogP contribution in [0.2, 0.25) is 0 Å². The summed E-state index contributed by atoms with van der Waals surface area (Å²) in [5.74, 6) is -0.349. The number of nitrogens with two attached hydrogens (primary N) is 1. The van der Waals surface area contributed by atoms with Gasteiger partial charge in [0, 0.05) is 14.1 Å². The van der Waals surface area contributed by atoms with Gasteiger partial charge < -0.3 is 16.0 Å². The predicted octanol–water partition coefficient (Wildman–Crippen LogP) is -0.144. The molecule has 0 aliphatic rings. The lowest BCUT2D eigenvalue weighted by atomic mass is 10.3. The zero-order valence-corrected chi connectivity index (χ0v) is 10.2. The van der Waals surface area contributed by atoms with Crippen LogP contribution in [0.4, 0.5) is 17.5 Å². The molecule has 0 saturated heterocycles. The fraction of sp³-hybridized carbons (Fsp3) is 0.444. The minimum Gasteiger partial charge on any atom is -0.378 e. The van der Waals surface area contributed by atoms with Crippen molar-refractivity contribution < 1.29 is 9.72 Å². The van der Waals surface area contributed by atoms with Gasteiger partial charge in [0.25, 0.3) is 0 Å². The molecule has 0 saturated carbocycles. The minimum atomic E-state index is -0.673. The van der Waals surface area contributed by atoms with Crippen LogP contribution < -0.4 is 11.1 Å². The summed E-state index contributed by atoms with van der Waals surface area (Å²) in [7, 11) is 3.23. The van der Waals surface area contributed by atoms with Crippen LogP contribution in [-0.4, -0.2) is 45.8 Å². The molecule has 9 nitrogen and oxygen atoms in total. The summed E-state index contributed by atoms with van der Waals surface area (Å²) in [5.41, 5.74) is 5.04. The highest BCUT2D eigenvalue weighted by molar-refractivity contribution is 5.83. The summed E-state index contributed by atoms with van der Waals surface area (Å²) in [4.78, 5) is 30.3. The summed E-state index contributed by atoms with van der Waals surface area (Å²) in [6.45, 7) is 1.63. The van der Waals surface area contributed by atoms with Crippen molar-refractivity contribution in [1.82, 2.24) is 14.9 Å². The molecule has 0 aliphatic heterocycles. The van der Waals surface area contributed by atoms with E-state index in [9.17, 15) is 14.9 Å². The summed E-state index contributed by atoms with van der Waals surface area (Å²) >= 11 is 0. The van der Waals surface area contributed by atoms with E-state index in [1.807, 2.05) is 0 Å². The van der Waals surface area contributed by atoms with Crippen LogP contribution in [0, 0.1) is 10.1 Å².